The van der Waals surface area contributed by atoms with Crippen LogP contribution < -0.4 is 21.1 Å². The van der Waals surface area contributed by atoms with Gasteiger partial charge in [-0.05, 0) is 54.8 Å². The van der Waals surface area contributed by atoms with Gasteiger partial charge >= 0.3 is 6.36 Å². The van der Waals surface area contributed by atoms with Crippen LogP contribution in [0.1, 0.15) is 28.8 Å². The molecule has 7 nitrogen and oxygen atoms in total. The molecule has 1 saturated heterocycles. The number of carbonyl (C=O) groups excluding carboxylic acids is 1. The highest BCUT2D eigenvalue weighted by atomic mass is 19.4. The molecule has 1 heterocycles. The maximum absolute atomic E-state index is 12.3. The summed E-state index contributed by atoms with van der Waals surface area (Å²) in [6.07, 6.45) is -2.73. The van der Waals surface area contributed by atoms with E-state index in [2.05, 4.69) is 20.4 Å². The van der Waals surface area contributed by atoms with Crippen LogP contribution in [0.4, 0.5) is 18.9 Å². The molecule has 0 saturated carbocycles. The van der Waals surface area contributed by atoms with Crippen molar-refractivity contribution < 1.29 is 27.4 Å². The minimum Gasteiger partial charge on any atom is -0.406 e. The van der Waals surface area contributed by atoms with Crippen molar-refractivity contribution in [2.45, 2.75) is 31.9 Å². The SMILES string of the molecule is NC(=NCc1cccc(C(=O)NCC2CCCO2)c1)Nc1ccc(OC(F)(F)F)cc1. The number of carbonyl (C=O) groups is 1. The van der Waals surface area contributed by atoms with Gasteiger partial charge in [0.25, 0.3) is 5.91 Å². The maximum Gasteiger partial charge on any atom is 0.573 e. The number of guanidine groups is 1. The van der Waals surface area contributed by atoms with Crippen LogP contribution in [0.5, 0.6) is 5.75 Å². The summed E-state index contributed by atoms with van der Waals surface area (Å²) in [6, 6.07) is 12.1. The van der Waals surface area contributed by atoms with E-state index in [0.29, 0.717) is 17.8 Å². The molecule has 10 heteroatoms. The summed E-state index contributed by atoms with van der Waals surface area (Å²) in [7, 11) is 0. The van der Waals surface area contributed by atoms with Crippen molar-refractivity contribution in [1.29, 1.82) is 0 Å². The second-order valence-corrected chi connectivity index (χ2v) is 6.94. The van der Waals surface area contributed by atoms with Crippen LogP contribution in [0.25, 0.3) is 0 Å². The van der Waals surface area contributed by atoms with Gasteiger partial charge in [0.05, 0.1) is 12.6 Å². The zero-order valence-corrected chi connectivity index (χ0v) is 16.6. The molecule has 31 heavy (non-hydrogen) atoms. The summed E-state index contributed by atoms with van der Waals surface area (Å²) in [5, 5.41) is 5.66. The van der Waals surface area contributed by atoms with Crippen LogP contribution in [0.15, 0.2) is 53.5 Å². The molecule has 0 spiro atoms. The molecule has 0 bridgehead atoms. The van der Waals surface area contributed by atoms with Crippen LogP contribution in [0.2, 0.25) is 0 Å². The Morgan fingerprint density at radius 1 is 1.23 bits per heavy atom. The van der Waals surface area contributed by atoms with Gasteiger partial charge in [-0.3, -0.25) is 4.79 Å². The zero-order chi connectivity index (χ0) is 22.3. The number of ether oxygens (including phenoxy) is 2. The van der Waals surface area contributed by atoms with Crippen molar-refractivity contribution in [2.75, 3.05) is 18.5 Å². The minimum absolute atomic E-state index is 0.0664. The first-order valence-electron chi connectivity index (χ1n) is 9.70. The van der Waals surface area contributed by atoms with Gasteiger partial charge in [0, 0.05) is 24.4 Å². The molecule has 3 rings (SSSR count). The largest absolute Gasteiger partial charge is 0.573 e. The molecule has 166 valence electrons. The first-order chi connectivity index (χ1) is 14.8. The van der Waals surface area contributed by atoms with E-state index in [1.165, 1.54) is 24.3 Å². The Morgan fingerprint density at radius 2 is 2.00 bits per heavy atom. The summed E-state index contributed by atoms with van der Waals surface area (Å²) >= 11 is 0. The number of alkyl halides is 3. The highest BCUT2D eigenvalue weighted by Gasteiger charge is 2.30. The molecular weight excluding hydrogens is 413 g/mol. The van der Waals surface area contributed by atoms with Crippen LogP contribution >= 0.6 is 0 Å². The van der Waals surface area contributed by atoms with E-state index >= 15 is 0 Å². The van der Waals surface area contributed by atoms with Gasteiger partial charge in [0.15, 0.2) is 5.96 Å². The molecule has 0 aliphatic carbocycles. The normalized spacial score (nSPS) is 16.7. The maximum atomic E-state index is 12.3. The molecule has 1 atom stereocenters. The van der Waals surface area contributed by atoms with Gasteiger partial charge in [0.2, 0.25) is 0 Å². The average molecular weight is 436 g/mol. The van der Waals surface area contributed by atoms with E-state index in [4.69, 9.17) is 10.5 Å². The third-order valence-corrected chi connectivity index (χ3v) is 4.50. The van der Waals surface area contributed by atoms with E-state index in [9.17, 15) is 18.0 Å². The van der Waals surface area contributed by atoms with Crippen LogP contribution in [0, 0.1) is 0 Å². The Balaban J connectivity index is 1.52. The molecule has 2 aromatic carbocycles. The van der Waals surface area contributed by atoms with Crippen LogP contribution in [-0.2, 0) is 11.3 Å². The van der Waals surface area contributed by atoms with Crippen molar-refractivity contribution in [3.05, 3.63) is 59.7 Å². The lowest BCUT2D eigenvalue weighted by Gasteiger charge is -2.11. The Kier molecular flexibility index (Phi) is 7.35. The predicted molar refractivity (Wildman–Crippen MR) is 110 cm³/mol. The molecule has 0 aromatic heterocycles. The van der Waals surface area contributed by atoms with Crippen molar-refractivity contribution in [3.63, 3.8) is 0 Å². The highest BCUT2D eigenvalue weighted by molar-refractivity contribution is 5.94. The summed E-state index contributed by atoms with van der Waals surface area (Å²) in [6.45, 7) is 1.43. The first-order valence-corrected chi connectivity index (χ1v) is 9.70. The Bertz CT molecular complexity index is 911. The number of nitrogens with one attached hydrogen (secondary N) is 2. The smallest absolute Gasteiger partial charge is 0.406 e. The number of nitrogens with zero attached hydrogens (tertiary/aromatic N) is 1. The van der Waals surface area contributed by atoms with Gasteiger partial charge in [-0.1, -0.05) is 12.1 Å². The van der Waals surface area contributed by atoms with E-state index in [1.54, 1.807) is 18.2 Å². The van der Waals surface area contributed by atoms with E-state index < -0.39 is 6.36 Å². The van der Waals surface area contributed by atoms with Gasteiger partial charge in [-0.15, -0.1) is 13.2 Å². The van der Waals surface area contributed by atoms with Crippen molar-refractivity contribution in [3.8, 4) is 5.75 Å². The third kappa shape index (κ3) is 7.49. The molecular formula is C21H23F3N4O3. The number of hydrogen-bond donors (Lipinski definition) is 3. The number of halogens is 3. The summed E-state index contributed by atoms with van der Waals surface area (Å²) < 4.78 is 45.9. The second kappa shape index (κ2) is 10.2. The number of amides is 1. The van der Waals surface area contributed by atoms with Crippen molar-refractivity contribution in [2.24, 2.45) is 10.7 Å². The number of aliphatic imine (C=N–C) groups is 1. The number of anilines is 1. The van der Waals surface area contributed by atoms with Gasteiger partial charge in [0.1, 0.15) is 5.75 Å². The molecule has 1 amide bonds. The summed E-state index contributed by atoms with van der Waals surface area (Å²) in [4.78, 5) is 16.5. The lowest BCUT2D eigenvalue weighted by molar-refractivity contribution is -0.274. The van der Waals surface area contributed by atoms with Gasteiger partial charge in [-0.2, -0.15) is 0 Å². The lowest BCUT2D eigenvalue weighted by atomic mass is 10.1. The molecule has 1 fully saturated rings. The van der Waals surface area contributed by atoms with Crippen molar-refractivity contribution >= 4 is 17.6 Å². The first kappa shape index (κ1) is 22.4. The predicted octanol–water partition coefficient (Wildman–Crippen LogP) is 3.42. The van der Waals surface area contributed by atoms with Crippen molar-refractivity contribution in [1.82, 2.24) is 5.32 Å². The van der Waals surface area contributed by atoms with Crippen LogP contribution in [-0.4, -0.2) is 37.5 Å². The molecule has 4 N–H and O–H groups in total. The molecule has 0 radical (unpaired) electrons. The quantitative estimate of drug-likeness (QED) is 0.456. The topological polar surface area (TPSA) is 98.0 Å². The third-order valence-electron chi connectivity index (χ3n) is 4.50. The molecule has 1 unspecified atom stereocenters. The van der Waals surface area contributed by atoms with Gasteiger partial charge in [-0.25, -0.2) is 4.99 Å². The zero-order valence-electron chi connectivity index (χ0n) is 16.6. The van der Waals surface area contributed by atoms with E-state index in [-0.39, 0.29) is 30.3 Å². The Labute approximate surface area is 177 Å². The minimum atomic E-state index is -4.74. The summed E-state index contributed by atoms with van der Waals surface area (Å²) in [5.74, 6) is -0.436. The second-order valence-electron chi connectivity index (χ2n) is 6.94. The molecule has 1 aliphatic rings. The fraction of sp³-hybridized carbons (Fsp3) is 0.333. The molecule has 1 aliphatic heterocycles. The Hall–Kier alpha value is -3.27. The Morgan fingerprint density at radius 3 is 2.68 bits per heavy atom. The summed E-state index contributed by atoms with van der Waals surface area (Å²) in [5.41, 5.74) is 7.59. The number of nitrogens with two attached hydrogens (primary N) is 1. The van der Waals surface area contributed by atoms with Gasteiger partial charge < -0.3 is 25.8 Å². The number of hydrogen-bond acceptors (Lipinski definition) is 4. The fourth-order valence-electron chi connectivity index (χ4n) is 3.03. The monoisotopic (exact) mass is 436 g/mol. The van der Waals surface area contributed by atoms with E-state index in [0.717, 1.165) is 25.0 Å². The fourth-order valence-corrected chi connectivity index (χ4v) is 3.03. The molecule has 2 aromatic rings. The standard InChI is InChI=1S/C21H23F3N4O3/c22-21(23,24)31-17-8-6-16(7-9-17)28-20(25)27-12-14-3-1-4-15(11-14)19(29)26-13-18-5-2-10-30-18/h1,3-4,6-9,11,18H,2,5,10,12-13H2,(H,26,29)(H3,25,27,28). The number of rotatable bonds is 7. The highest BCUT2D eigenvalue weighted by Crippen LogP contribution is 2.23. The number of benzene rings is 2. The van der Waals surface area contributed by atoms with Crippen LogP contribution in [0.3, 0.4) is 0 Å². The van der Waals surface area contributed by atoms with E-state index in [1.807, 2.05) is 6.07 Å². The average Bonchev–Trinajstić information content (AvgIpc) is 3.25. The lowest BCUT2D eigenvalue weighted by Crippen LogP contribution is -2.31.